The molecule has 6 nitrogen and oxygen atoms in total. The zero-order chi connectivity index (χ0) is 17.6. The summed E-state index contributed by atoms with van der Waals surface area (Å²) in [6.07, 6.45) is 0.409. The zero-order valence-electron chi connectivity index (χ0n) is 14.8. The van der Waals surface area contributed by atoms with Gasteiger partial charge in [0.15, 0.2) is 5.78 Å². The van der Waals surface area contributed by atoms with Crippen LogP contribution in [-0.2, 0) is 6.54 Å². The van der Waals surface area contributed by atoms with E-state index >= 15 is 0 Å². The van der Waals surface area contributed by atoms with Gasteiger partial charge in [0, 0.05) is 62.7 Å². The quantitative estimate of drug-likeness (QED) is 0.377. The summed E-state index contributed by atoms with van der Waals surface area (Å²) in [5, 5.41) is 12.3. The SMILES string of the molecule is Cl.Cl.O=C(CCN1CCN(Cc2ccccc2)CC1)c1csc([N+](=O)[O-])c1. The molecule has 0 radical (unpaired) electrons. The van der Waals surface area contributed by atoms with Crippen molar-refractivity contribution in [1.29, 1.82) is 0 Å². The second kappa shape index (κ2) is 11.4. The molecule has 0 N–H and O–H groups in total. The molecule has 2 aromatic rings. The van der Waals surface area contributed by atoms with Crippen LogP contribution in [0.2, 0.25) is 0 Å². The highest BCUT2D eigenvalue weighted by Crippen LogP contribution is 2.23. The molecule has 0 amide bonds. The molecule has 0 aliphatic carbocycles. The van der Waals surface area contributed by atoms with Gasteiger partial charge in [-0.05, 0) is 5.56 Å². The molecule has 0 unspecified atom stereocenters. The summed E-state index contributed by atoms with van der Waals surface area (Å²) in [6, 6.07) is 11.8. The molecule has 2 heterocycles. The molecule has 27 heavy (non-hydrogen) atoms. The van der Waals surface area contributed by atoms with Gasteiger partial charge in [-0.2, -0.15) is 0 Å². The lowest BCUT2D eigenvalue weighted by molar-refractivity contribution is -0.380. The number of ketones is 1. The molecule has 1 aliphatic rings. The number of piperazine rings is 1. The van der Waals surface area contributed by atoms with Crippen LogP contribution in [0.1, 0.15) is 22.3 Å². The van der Waals surface area contributed by atoms with Gasteiger partial charge in [0.25, 0.3) is 0 Å². The van der Waals surface area contributed by atoms with E-state index in [0.29, 0.717) is 18.5 Å². The molecule has 1 aliphatic heterocycles. The molecule has 0 bridgehead atoms. The Morgan fingerprint density at radius 3 is 2.30 bits per heavy atom. The second-order valence-electron chi connectivity index (χ2n) is 6.21. The summed E-state index contributed by atoms with van der Waals surface area (Å²) in [4.78, 5) is 27.1. The number of Topliss-reactive ketones (excluding diaryl/α,β-unsaturated/α-hetero) is 1. The zero-order valence-corrected chi connectivity index (χ0v) is 17.2. The highest BCUT2D eigenvalue weighted by molar-refractivity contribution is 7.13. The molecule has 1 fully saturated rings. The minimum atomic E-state index is -0.451. The van der Waals surface area contributed by atoms with Crippen molar-refractivity contribution in [2.24, 2.45) is 0 Å². The summed E-state index contributed by atoms with van der Waals surface area (Å²) in [6.45, 7) is 5.56. The van der Waals surface area contributed by atoms with Crippen molar-refractivity contribution in [3.05, 3.63) is 63.0 Å². The number of rotatable bonds is 7. The summed E-state index contributed by atoms with van der Waals surface area (Å²) >= 11 is 1.01. The molecule has 1 aromatic carbocycles. The molecule has 0 atom stereocenters. The first-order valence-corrected chi connectivity index (χ1v) is 9.24. The molecular weight excluding hydrogens is 409 g/mol. The van der Waals surface area contributed by atoms with E-state index in [2.05, 4.69) is 34.1 Å². The van der Waals surface area contributed by atoms with E-state index < -0.39 is 4.92 Å². The van der Waals surface area contributed by atoms with Gasteiger partial charge in [0.05, 0.1) is 4.92 Å². The molecule has 1 saturated heterocycles. The van der Waals surface area contributed by atoms with Crippen molar-refractivity contribution in [3.63, 3.8) is 0 Å². The highest BCUT2D eigenvalue weighted by atomic mass is 35.5. The Bertz CT molecular complexity index is 734. The Hall–Kier alpha value is -1.51. The second-order valence-corrected chi connectivity index (χ2v) is 7.10. The lowest BCUT2D eigenvalue weighted by Gasteiger charge is -2.34. The fraction of sp³-hybridized carbons (Fsp3) is 0.389. The van der Waals surface area contributed by atoms with Crippen molar-refractivity contribution >= 4 is 46.9 Å². The van der Waals surface area contributed by atoms with E-state index in [-0.39, 0.29) is 35.6 Å². The van der Waals surface area contributed by atoms with Crippen LogP contribution >= 0.6 is 36.2 Å². The number of hydrogen-bond acceptors (Lipinski definition) is 6. The Kier molecular flexibility index (Phi) is 9.90. The number of carbonyl (C=O) groups excluding carboxylic acids is 1. The lowest BCUT2D eigenvalue weighted by Crippen LogP contribution is -2.46. The van der Waals surface area contributed by atoms with Gasteiger partial charge in [-0.25, -0.2) is 0 Å². The molecule has 0 saturated carbocycles. The van der Waals surface area contributed by atoms with Crippen molar-refractivity contribution in [2.45, 2.75) is 13.0 Å². The Balaban J connectivity index is 0.00000182. The number of benzene rings is 1. The van der Waals surface area contributed by atoms with Crippen LogP contribution in [0.15, 0.2) is 41.8 Å². The molecule has 148 valence electrons. The topological polar surface area (TPSA) is 66.7 Å². The van der Waals surface area contributed by atoms with E-state index in [1.807, 2.05) is 6.07 Å². The Morgan fingerprint density at radius 2 is 1.70 bits per heavy atom. The summed E-state index contributed by atoms with van der Waals surface area (Å²) in [7, 11) is 0. The normalized spacial score (nSPS) is 14.8. The molecular formula is C18H23Cl2N3O3S. The van der Waals surface area contributed by atoms with Crippen molar-refractivity contribution in [1.82, 2.24) is 9.80 Å². The van der Waals surface area contributed by atoms with Crippen molar-refractivity contribution < 1.29 is 9.72 Å². The Labute approximate surface area is 175 Å². The minimum Gasteiger partial charge on any atom is -0.300 e. The van der Waals surface area contributed by atoms with Crippen LogP contribution in [0.4, 0.5) is 5.00 Å². The van der Waals surface area contributed by atoms with Gasteiger partial charge in [-0.3, -0.25) is 19.8 Å². The standard InChI is InChI=1S/C18H21N3O3S.2ClH/c22-17(16-12-18(21(23)24)25-14-16)6-7-19-8-10-20(11-9-19)13-15-4-2-1-3-5-15;;/h1-5,12,14H,6-11,13H2;2*1H. The first-order valence-electron chi connectivity index (χ1n) is 8.36. The van der Waals surface area contributed by atoms with Gasteiger partial charge in [-0.1, -0.05) is 41.7 Å². The monoisotopic (exact) mass is 431 g/mol. The number of halogens is 2. The summed E-state index contributed by atoms with van der Waals surface area (Å²) in [5.74, 6) is -0.0175. The fourth-order valence-electron chi connectivity index (χ4n) is 2.98. The first-order chi connectivity index (χ1) is 12.1. The van der Waals surface area contributed by atoms with Crippen LogP contribution < -0.4 is 0 Å². The average Bonchev–Trinajstić information content (AvgIpc) is 3.12. The molecule has 3 rings (SSSR count). The fourth-order valence-corrected chi connectivity index (χ4v) is 3.71. The van der Waals surface area contributed by atoms with Gasteiger partial charge in [0.1, 0.15) is 0 Å². The van der Waals surface area contributed by atoms with Crippen LogP contribution in [0.25, 0.3) is 0 Å². The van der Waals surface area contributed by atoms with Gasteiger partial charge in [-0.15, -0.1) is 24.8 Å². The third kappa shape index (κ3) is 6.86. The molecule has 9 heteroatoms. The van der Waals surface area contributed by atoms with E-state index in [4.69, 9.17) is 0 Å². The van der Waals surface area contributed by atoms with Crippen molar-refractivity contribution in [2.75, 3.05) is 32.7 Å². The summed E-state index contributed by atoms with van der Waals surface area (Å²) < 4.78 is 0. The number of thiophene rings is 1. The van der Waals surface area contributed by atoms with E-state index in [1.165, 1.54) is 11.6 Å². The predicted octanol–water partition coefficient (Wildman–Crippen LogP) is 3.89. The van der Waals surface area contributed by atoms with Crippen molar-refractivity contribution in [3.8, 4) is 0 Å². The predicted molar refractivity (Wildman–Crippen MR) is 113 cm³/mol. The van der Waals surface area contributed by atoms with E-state index in [1.54, 1.807) is 5.38 Å². The largest absolute Gasteiger partial charge is 0.324 e. The van der Waals surface area contributed by atoms with E-state index in [9.17, 15) is 14.9 Å². The maximum Gasteiger partial charge on any atom is 0.324 e. The third-order valence-corrected chi connectivity index (χ3v) is 5.34. The summed E-state index contributed by atoms with van der Waals surface area (Å²) in [5.41, 5.74) is 1.78. The number of carbonyl (C=O) groups is 1. The lowest BCUT2D eigenvalue weighted by atomic mass is 10.1. The molecule has 0 spiro atoms. The van der Waals surface area contributed by atoms with Crippen LogP contribution in [0.5, 0.6) is 0 Å². The molecule has 1 aromatic heterocycles. The Morgan fingerprint density at radius 1 is 1.07 bits per heavy atom. The third-order valence-electron chi connectivity index (χ3n) is 4.46. The van der Waals surface area contributed by atoms with Gasteiger partial charge >= 0.3 is 5.00 Å². The van der Waals surface area contributed by atoms with Gasteiger partial charge in [0.2, 0.25) is 0 Å². The first kappa shape index (κ1) is 23.5. The minimum absolute atomic E-state index is 0. The van der Waals surface area contributed by atoms with Gasteiger partial charge < -0.3 is 4.90 Å². The number of hydrogen-bond donors (Lipinski definition) is 0. The number of nitro groups is 1. The van der Waals surface area contributed by atoms with Crippen LogP contribution in [0.3, 0.4) is 0 Å². The van der Waals surface area contributed by atoms with Crippen LogP contribution in [0, 0.1) is 10.1 Å². The average molecular weight is 432 g/mol. The maximum atomic E-state index is 12.2. The van der Waals surface area contributed by atoms with Crippen LogP contribution in [-0.4, -0.2) is 53.2 Å². The van der Waals surface area contributed by atoms with E-state index in [0.717, 1.165) is 44.1 Å². The smallest absolute Gasteiger partial charge is 0.300 e. The highest BCUT2D eigenvalue weighted by Gasteiger charge is 2.19. The number of nitrogens with zero attached hydrogens (tertiary/aromatic N) is 3. The maximum absolute atomic E-state index is 12.2.